The summed E-state index contributed by atoms with van der Waals surface area (Å²) in [6.45, 7) is -0.296. The van der Waals surface area contributed by atoms with Crippen LogP contribution in [0.2, 0.25) is 0 Å². The average Bonchev–Trinajstić information content (AvgIpc) is 3.48. The van der Waals surface area contributed by atoms with Crippen molar-refractivity contribution in [2.75, 3.05) is 5.32 Å². The Labute approximate surface area is 154 Å². The van der Waals surface area contributed by atoms with E-state index >= 15 is 0 Å². The van der Waals surface area contributed by atoms with E-state index in [1.54, 1.807) is 48.5 Å². The molecule has 0 aliphatic heterocycles. The number of aromatic nitrogens is 3. The lowest BCUT2D eigenvalue weighted by Gasteiger charge is -2.11. The second-order valence-electron chi connectivity index (χ2n) is 6.41. The van der Waals surface area contributed by atoms with E-state index < -0.39 is 11.5 Å². The number of anilines is 1. The molecule has 0 atom stereocenters. The van der Waals surface area contributed by atoms with Crippen LogP contribution < -0.4 is 16.2 Å². The zero-order valence-electron chi connectivity index (χ0n) is 14.4. The van der Waals surface area contributed by atoms with Crippen molar-refractivity contribution < 1.29 is 9.59 Å². The van der Waals surface area contributed by atoms with Gasteiger partial charge in [0.2, 0.25) is 5.91 Å². The molecule has 0 spiro atoms. The molecule has 2 aromatic carbocycles. The van der Waals surface area contributed by atoms with Gasteiger partial charge in [-0.05, 0) is 37.1 Å². The van der Waals surface area contributed by atoms with Gasteiger partial charge in [-0.3, -0.25) is 14.4 Å². The van der Waals surface area contributed by atoms with Crippen LogP contribution in [0.5, 0.6) is 0 Å². The topological polar surface area (TPSA) is 106 Å². The van der Waals surface area contributed by atoms with Gasteiger partial charge < -0.3 is 10.6 Å². The standard InChI is InChI=1S/C19H17N5O3/c25-17(11-24-19(27)14-6-2-4-8-16(14)22-23-24)21-15-7-3-1-5-13(15)18(26)20-12-9-10-12/h1-8,12H,9-11H2,(H,20,26)(H,21,25). The van der Waals surface area contributed by atoms with Gasteiger partial charge in [-0.1, -0.05) is 29.5 Å². The van der Waals surface area contributed by atoms with Crippen LogP contribution in [0.15, 0.2) is 53.3 Å². The molecular weight excluding hydrogens is 346 g/mol. The maximum Gasteiger partial charge on any atom is 0.278 e. The first-order valence-corrected chi connectivity index (χ1v) is 8.64. The number of amides is 2. The fourth-order valence-corrected chi connectivity index (χ4v) is 2.73. The second kappa shape index (κ2) is 6.99. The van der Waals surface area contributed by atoms with E-state index in [0.717, 1.165) is 17.5 Å². The smallest absolute Gasteiger partial charge is 0.278 e. The molecular formula is C19H17N5O3. The molecule has 1 aliphatic carbocycles. The summed E-state index contributed by atoms with van der Waals surface area (Å²) in [5, 5.41) is 13.7. The first-order chi connectivity index (χ1) is 13.1. The molecule has 3 aromatic rings. The Balaban J connectivity index is 1.53. The van der Waals surface area contributed by atoms with Crippen molar-refractivity contribution in [3.63, 3.8) is 0 Å². The van der Waals surface area contributed by atoms with Crippen molar-refractivity contribution in [1.29, 1.82) is 0 Å². The Morgan fingerprint density at radius 3 is 2.63 bits per heavy atom. The molecule has 0 saturated heterocycles. The molecule has 1 aromatic heterocycles. The third kappa shape index (κ3) is 3.69. The number of carbonyl (C=O) groups excluding carboxylic acids is 2. The fraction of sp³-hybridized carbons (Fsp3) is 0.211. The van der Waals surface area contributed by atoms with Crippen LogP contribution >= 0.6 is 0 Å². The lowest BCUT2D eigenvalue weighted by atomic mass is 10.1. The van der Waals surface area contributed by atoms with Gasteiger partial charge in [-0.2, -0.15) is 0 Å². The maximum absolute atomic E-state index is 12.4. The van der Waals surface area contributed by atoms with Crippen molar-refractivity contribution in [3.05, 3.63) is 64.4 Å². The van der Waals surface area contributed by atoms with Crippen molar-refractivity contribution in [1.82, 2.24) is 20.3 Å². The summed E-state index contributed by atoms with van der Waals surface area (Å²) in [5.41, 5.74) is 0.855. The molecule has 1 saturated carbocycles. The van der Waals surface area contributed by atoms with E-state index in [4.69, 9.17) is 0 Å². The highest BCUT2D eigenvalue weighted by atomic mass is 16.2. The quantitative estimate of drug-likeness (QED) is 0.711. The van der Waals surface area contributed by atoms with Crippen LogP contribution in [-0.2, 0) is 11.3 Å². The van der Waals surface area contributed by atoms with Crippen LogP contribution in [0.3, 0.4) is 0 Å². The summed E-state index contributed by atoms with van der Waals surface area (Å²) in [7, 11) is 0. The maximum atomic E-state index is 12.4. The van der Waals surface area contributed by atoms with Gasteiger partial charge in [0.25, 0.3) is 11.5 Å². The number of nitrogens with zero attached hydrogens (tertiary/aromatic N) is 3. The molecule has 0 unspecified atom stereocenters. The minimum atomic E-state index is -0.464. The molecule has 2 N–H and O–H groups in total. The largest absolute Gasteiger partial charge is 0.349 e. The highest BCUT2D eigenvalue weighted by molar-refractivity contribution is 6.03. The Morgan fingerprint density at radius 2 is 1.81 bits per heavy atom. The van der Waals surface area contributed by atoms with Gasteiger partial charge in [0, 0.05) is 6.04 Å². The van der Waals surface area contributed by atoms with Gasteiger partial charge in [0.05, 0.1) is 16.6 Å². The molecule has 4 rings (SSSR count). The Hall–Kier alpha value is -3.55. The Morgan fingerprint density at radius 1 is 1.07 bits per heavy atom. The minimum absolute atomic E-state index is 0.215. The average molecular weight is 363 g/mol. The molecule has 136 valence electrons. The Bertz CT molecular complexity index is 1090. The molecule has 0 radical (unpaired) electrons. The minimum Gasteiger partial charge on any atom is -0.349 e. The zero-order valence-corrected chi connectivity index (χ0v) is 14.4. The van der Waals surface area contributed by atoms with Crippen molar-refractivity contribution in [2.24, 2.45) is 0 Å². The molecule has 27 heavy (non-hydrogen) atoms. The summed E-state index contributed by atoms with van der Waals surface area (Å²) in [6.07, 6.45) is 1.95. The molecule has 2 amide bonds. The van der Waals surface area contributed by atoms with Gasteiger partial charge in [0.15, 0.2) is 0 Å². The van der Waals surface area contributed by atoms with E-state index in [1.807, 2.05) is 0 Å². The van der Waals surface area contributed by atoms with Gasteiger partial charge >= 0.3 is 0 Å². The third-order valence-electron chi connectivity index (χ3n) is 4.28. The summed E-state index contributed by atoms with van der Waals surface area (Å²) in [5.74, 6) is -0.690. The molecule has 8 nitrogen and oxygen atoms in total. The van der Waals surface area contributed by atoms with Crippen LogP contribution in [-0.4, -0.2) is 32.9 Å². The molecule has 1 fully saturated rings. The first kappa shape index (κ1) is 16.9. The first-order valence-electron chi connectivity index (χ1n) is 8.64. The molecule has 0 bridgehead atoms. The number of hydrogen-bond donors (Lipinski definition) is 2. The number of hydrogen-bond acceptors (Lipinski definition) is 5. The van der Waals surface area contributed by atoms with Crippen LogP contribution in [0.4, 0.5) is 5.69 Å². The van der Waals surface area contributed by atoms with Crippen LogP contribution in [0.1, 0.15) is 23.2 Å². The number of fused-ring (bicyclic) bond motifs is 1. The van der Waals surface area contributed by atoms with E-state index in [2.05, 4.69) is 20.9 Å². The summed E-state index contributed by atoms with van der Waals surface area (Å²) in [4.78, 5) is 37.2. The third-order valence-corrected chi connectivity index (χ3v) is 4.28. The van der Waals surface area contributed by atoms with E-state index in [9.17, 15) is 14.4 Å². The predicted octanol–water partition coefficient (Wildman–Crippen LogP) is 1.32. The highest BCUT2D eigenvalue weighted by Crippen LogP contribution is 2.21. The van der Waals surface area contributed by atoms with Gasteiger partial charge in [-0.15, -0.1) is 5.10 Å². The van der Waals surface area contributed by atoms with Crippen molar-refractivity contribution in [3.8, 4) is 0 Å². The van der Waals surface area contributed by atoms with Crippen molar-refractivity contribution in [2.45, 2.75) is 25.4 Å². The Kier molecular flexibility index (Phi) is 4.37. The monoisotopic (exact) mass is 363 g/mol. The van der Waals surface area contributed by atoms with E-state index in [-0.39, 0.29) is 18.5 Å². The molecule has 1 aliphatic rings. The lowest BCUT2D eigenvalue weighted by molar-refractivity contribution is -0.117. The number of para-hydroxylation sites is 1. The highest BCUT2D eigenvalue weighted by Gasteiger charge is 2.25. The predicted molar refractivity (Wildman–Crippen MR) is 99.4 cm³/mol. The van der Waals surface area contributed by atoms with E-state index in [0.29, 0.717) is 22.2 Å². The second-order valence-corrected chi connectivity index (χ2v) is 6.41. The van der Waals surface area contributed by atoms with Crippen molar-refractivity contribution >= 4 is 28.4 Å². The summed E-state index contributed by atoms with van der Waals surface area (Å²) in [6, 6.07) is 13.8. The van der Waals surface area contributed by atoms with Crippen LogP contribution in [0.25, 0.3) is 10.9 Å². The van der Waals surface area contributed by atoms with E-state index in [1.165, 1.54) is 0 Å². The van der Waals surface area contributed by atoms with Crippen LogP contribution in [0, 0.1) is 0 Å². The normalized spacial score (nSPS) is 13.3. The summed E-state index contributed by atoms with van der Waals surface area (Å²) >= 11 is 0. The number of nitrogens with one attached hydrogen (secondary N) is 2. The summed E-state index contributed by atoms with van der Waals surface area (Å²) < 4.78 is 1.00. The zero-order chi connectivity index (χ0) is 18.8. The number of benzene rings is 2. The lowest BCUT2D eigenvalue weighted by Crippen LogP contribution is -2.31. The SMILES string of the molecule is O=C(Cn1nnc2ccccc2c1=O)Nc1ccccc1C(=O)NC1CC1. The number of rotatable bonds is 5. The molecule has 8 heteroatoms. The fourth-order valence-electron chi connectivity index (χ4n) is 2.73. The molecule has 1 heterocycles. The number of carbonyl (C=O) groups is 2. The van der Waals surface area contributed by atoms with Gasteiger partial charge in [-0.25, -0.2) is 4.68 Å². The van der Waals surface area contributed by atoms with Gasteiger partial charge in [0.1, 0.15) is 12.1 Å².